The van der Waals surface area contributed by atoms with E-state index in [4.69, 9.17) is 4.42 Å². The summed E-state index contributed by atoms with van der Waals surface area (Å²) in [6, 6.07) is 8.69. The highest BCUT2D eigenvalue weighted by Gasteiger charge is 2.21. The van der Waals surface area contributed by atoms with Gasteiger partial charge in [0, 0.05) is 35.2 Å². The molecule has 160 valence electrons. The van der Waals surface area contributed by atoms with Crippen molar-refractivity contribution in [2.45, 2.75) is 26.7 Å². The van der Waals surface area contributed by atoms with Crippen LogP contribution in [-0.2, 0) is 9.59 Å². The number of carbonyl (C=O) groups excluding carboxylic acids is 3. The highest BCUT2D eigenvalue weighted by molar-refractivity contribution is 7.14. The lowest BCUT2D eigenvalue weighted by Gasteiger charge is -2.15. The highest BCUT2D eigenvalue weighted by atomic mass is 32.1. The minimum absolute atomic E-state index is 0.0947. The Morgan fingerprint density at radius 1 is 1.23 bits per heavy atom. The fraction of sp³-hybridized carbons (Fsp3) is 0.273. The number of furan rings is 1. The Balaban J connectivity index is 1.30. The van der Waals surface area contributed by atoms with Gasteiger partial charge in [0.25, 0.3) is 5.91 Å². The zero-order valence-electron chi connectivity index (χ0n) is 17.2. The second-order valence-electron chi connectivity index (χ2n) is 7.29. The molecule has 1 fully saturated rings. The zero-order valence-corrected chi connectivity index (χ0v) is 18.0. The standard InChI is InChI=1S/C22H22N4O4S/c1-13-10-17(14(2)30-13)18-12-31-22(24-18)25-19(27)11-23-21(29)15-5-7-16(8-6-15)26-9-3-4-20(26)28/h5-8,10,12H,3-4,9,11H2,1-2H3,(H,23,29)(H,24,25,27). The Labute approximate surface area is 183 Å². The van der Waals surface area contributed by atoms with E-state index in [1.54, 1.807) is 29.2 Å². The van der Waals surface area contributed by atoms with Crippen molar-refractivity contribution in [3.05, 3.63) is 52.8 Å². The van der Waals surface area contributed by atoms with Crippen molar-refractivity contribution in [2.24, 2.45) is 0 Å². The molecular formula is C22H22N4O4S. The summed E-state index contributed by atoms with van der Waals surface area (Å²) in [6.07, 6.45) is 1.40. The van der Waals surface area contributed by atoms with Crippen LogP contribution in [0.15, 0.2) is 40.1 Å². The third kappa shape index (κ3) is 4.66. The Morgan fingerprint density at radius 2 is 2.00 bits per heavy atom. The predicted octanol–water partition coefficient (Wildman–Crippen LogP) is 3.52. The first-order valence-corrected chi connectivity index (χ1v) is 10.8. The molecule has 0 atom stereocenters. The van der Waals surface area contributed by atoms with E-state index < -0.39 is 0 Å². The summed E-state index contributed by atoms with van der Waals surface area (Å²) in [4.78, 5) is 42.5. The molecule has 9 heteroatoms. The number of thiazole rings is 1. The Bertz CT molecular complexity index is 1130. The average molecular weight is 439 g/mol. The fourth-order valence-corrected chi connectivity index (χ4v) is 4.21. The van der Waals surface area contributed by atoms with Crippen LogP contribution in [0.3, 0.4) is 0 Å². The van der Waals surface area contributed by atoms with Crippen LogP contribution in [0, 0.1) is 13.8 Å². The van der Waals surface area contributed by atoms with Crippen molar-refractivity contribution in [1.82, 2.24) is 10.3 Å². The molecule has 0 bridgehead atoms. The number of nitrogens with one attached hydrogen (secondary N) is 2. The molecule has 3 heterocycles. The lowest BCUT2D eigenvalue weighted by molar-refractivity contribution is -0.117. The molecule has 1 aromatic carbocycles. The first-order chi connectivity index (χ1) is 14.9. The molecule has 0 unspecified atom stereocenters. The predicted molar refractivity (Wildman–Crippen MR) is 118 cm³/mol. The molecule has 1 aliphatic heterocycles. The molecule has 4 rings (SSSR count). The molecule has 0 spiro atoms. The summed E-state index contributed by atoms with van der Waals surface area (Å²) in [6.45, 7) is 4.26. The van der Waals surface area contributed by atoms with Crippen molar-refractivity contribution >= 4 is 39.9 Å². The van der Waals surface area contributed by atoms with Crippen LogP contribution in [-0.4, -0.2) is 35.8 Å². The summed E-state index contributed by atoms with van der Waals surface area (Å²) < 4.78 is 5.52. The summed E-state index contributed by atoms with van der Waals surface area (Å²) in [5.41, 5.74) is 2.82. The topological polar surface area (TPSA) is 105 Å². The molecule has 0 radical (unpaired) electrons. The number of nitrogens with zero attached hydrogens (tertiary/aromatic N) is 2. The van der Waals surface area contributed by atoms with Crippen LogP contribution in [0.1, 0.15) is 34.7 Å². The maximum absolute atomic E-state index is 12.3. The van der Waals surface area contributed by atoms with Crippen molar-refractivity contribution in [2.75, 3.05) is 23.3 Å². The van der Waals surface area contributed by atoms with E-state index in [0.29, 0.717) is 23.7 Å². The lowest BCUT2D eigenvalue weighted by atomic mass is 10.2. The van der Waals surface area contributed by atoms with Gasteiger partial charge < -0.3 is 20.0 Å². The number of anilines is 2. The minimum Gasteiger partial charge on any atom is -0.466 e. The molecule has 3 aromatic rings. The average Bonchev–Trinajstić information content (AvgIpc) is 3.46. The first-order valence-electron chi connectivity index (χ1n) is 9.92. The molecule has 2 aromatic heterocycles. The second kappa shape index (κ2) is 8.73. The number of hydrogen-bond acceptors (Lipinski definition) is 6. The van der Waals surface area contributed by atoms with Crippen molar-refractivity contribution in [3.8, 4) is 11.3 Å². The molecule has 0 saturated carbocycles. The van der Waals surface area contributed by atoms with Gasteiger partial charge in [-0.2, -0.15) is 0 Å². The monoisotopic (exact) mass is 438 g/mol. The molecule has 1 aliphatic rings. The van der Waals surface area contributed by atoms with E-state index in [9.17, 15) is 14.4 Å². The van der Waals surface area contributed by atoms with E-state index in [1.807, 2.05) is 25.3 Å². The first kappa shape index (κ1) is 20.8. The van der Waals surface area contributed by atoms with Crippen LogP contribution >= 0.6 is 11.3 Å². The number of benzene rings is 1. The summed E-state index contributed by atoms with van der Waals surface area (Å²) >= 11 is 1.31. The van der Waals surface area contributed by atoms with Crippen LogP contribution in [0.4, 0.5) is 10.8 Å². The summed E-state index contributed by atoms with van der Waals surface area (Å²) in [5.74, 6) is 0.937. The Morgan fingerprint density at radius 3 is 2.65 bits per heavy atom. The minimum atomic E-state index is -0.367. The third-order valence-corrected chi connectivity index (χ3v) is 5.75. The number of hydrogen-bond donors (Lipinski definition) is 2. The van der Waals surface area contributed by atoms with Gasteiger partial charge in [-0.1, -0.05) is 0 Å². The third-order valence-electron chi connectivity index (χ3n) is 4.99. The van der Waals surface area contributed by atoms with Crippen molar-refractivity contribution < 1.29 is 18.8 Å². The van der Waals surface area contributed by atoms with E-state index in [2.05, 4.69) is 15.6 Å². The molecule has 31 heavy (non-hydrogen) atoms. The SMILES string of the molecule is Cc1cc(-c2csc(NC(=O)CNC(=O)c3ccc(N4CCCC4=O)cc3)n2)c(C)o1. The fourth-order valence-electron chi connectivity index (χ4n) is 3.48. The Hall–Kier alpha value is -3.46. The molecule has 1 saturated heterocycles. The maximum Gasteiger partial charge on any atom is 0.251 e. The molecule has 2 N–H and O–H groups in total. The van der Waals surface area contributed by atoms with Gasteiger partial charge in [-0.3, -0.25) is 14.4 Å². The van der Waals surface area contributed by atoms with E-state index >= 15 is 0 Å². The second-order valence-corrected chi connectivity index (χ2v) is 8.15. The van der Waals surface area contributed by atoms with Gasteiger partial charge in [-0.05, 0) is 50.6 Å². The maximum atomic E-state index is 12.3. The van der Waals surface area contributed by atoms with Gasteiger partial charge in [0.1, 0.15) is 11.5 Å². The van der Waals surface area contributed by atoms with E-state index in [1.165, 1.54) is 11.3 Å². The van der Waals surface area contributed by atoms with Gasteiger partial charge in [0.15, 0.2) is 5.13 Å². The van der Waals surface area contributed by atoms with Crippen molar-refractivity contribution in [1.29, 1.82) is 0 Å². The normalized spacial score (nSPS) is 13.5. The number of aromatic nitrogens is 1. The van der Waals surface area contributed by atoms with Crippen LogP contribution in [0.25, 0.3) is 11.3 Å². The van der Waals surface area contributed by atoms with Crippen molar-refractivity contribution in [3.63, 3.8) is 0 Å². The van der Waals surface area contributed by atoms with E-state index in [0.717, 1.165) is 34.9 Å². The Kier molecular flexibility index (Phi) is 5.85. The largest absolute Gasteiger partial charge is 0.466 e. The van der Waals surface area contributed by atoms with Gasteiger partial charge >= 0.3 is 0 Å². The highest BCUT2D eigenvalue weighted by Crippen LogP contribution is 2.29. The molecule has 8 nitrogen and oxygen atoms in total. The van der Waals surface area contributed by atoms with Crippen LogP contribution < -0.4 is 15.5 Å². The molecule has 0 aliphatic carbocycles. The molecule has 3 amide bonds. The smallest absolute Gasteiger partial charge is 0.251 e. The van der Waals surface area contributed by atoms with Gasteiger partial charge in [0.2, 0.25) is 11.8 Å². The van der Waals surface area contributed by atoms with Gasteiger partial charge in [0.05, 0.1) is 12.2 Å². The van der Waals surface area contributed by atoms with Gasteiger partial charge in [-0.15, -0.1) is 11.3 Å². The van der Waals surface area contributed by atoms with Crippen LogP contribution in [0.5, 0.6) is 0 Å². The number of aryl methyl sites for hydroxylation is 2. The van der Waals surface area contributed by atoms with Crippen LogP contribution in [0.2, 0.25) is 0 Å². The number of rotatable bonds is 6. The number of amides is 3. The lowest BCUT2D eigenvalue weighted by Crippen LogP contribution is -2.32. The number of carbonyl (C=O) groups is 3. The van der Waals surface area contributed by atoms with Gasteiger partial charge in [-0.25, -0.2) is 4.98 Å². The van der Waals surface area contributed by atoms with E-state index in [-0.39, 0.29) is 24.3 Å². The zero-order chi connectivity index (χ0) is 22.0. The summed E-state index contributed by atoms with van der Waals surface area (Å²) in [7, 11) is 0. The summed E-state index contributed by atoms with van der Waals surface area (Å²) in [5, 5.41) is 7.59. The molecular weight excluding hydrogens is 416 g/mol. The quantitative estimate of drug-likeness (QED) is 0.613.